The van der Waals surface area contributed by atoms with E-state index >= 15 is 0 Å². The van der Waals surface area contributed by atoms with Crippen molar-refractivity contribution in [1.29, 1.82) is 0 Å². The smallest absolute Gasteiger partial charge is 0.234 e. The molecule has 2 heterocycles. The second-order valence-electron chi connectivity index (χ2n) is 4.92. The van der Waals surface area contributed by atoms with E-state index in [1.807, 2.05) is 6.92 Å². The Kier molecular flexibility index (Phi) is 4.72. The molecule has 0 bridgehead atoms. The summed E-state index contributed by atoms with van der Waals surface area (Å²) in [4.78, 5) is 4.56. The van der Waals surface area contributed by atoms with Gasteiger partial charge in [0.05, 0.1) is 12.0 Å². The van der Waals surface area contributed by atoms with Crippen molar-refractivity contribution in [3.8, 4) is 0 Å². The number of nitrogens with zero attached hydrogens (tertiary/aromatic N) is 2. The minimum Gasteiger partial charge on any atom is -0.381 e. The van der Waals surface area contributed by atoms with Gasteiger partial charge in [-0.25, -0.2) is 0 Å². The number of nitrogens with one attached hydrogen (secondary N) is 1. The first-order valence-electron chi connectivity index (χ1n) is 6.92. The normalized spacial score (nSPS) is 23.7. The van der Waals surface area contributed by atoms with Gasteiger partial charge in [-0.15, -0.1) is 0 Å². The molecule has 102 valence electrons. The number of hydrogen-bond donors (Lipinski definition) is 1. The summed E-state index contributed by atoms with van der Waals surface area (Å²) in [5.74, 6) is 1.57. The van der Waals surface area contributed by atoms with Gasteiger partial charge < -0.3 is 14.6 Å². The van der Waals surface area contributed by atoms with Crippen LogP contribution in [0.25, 0.3) is 0 Å². The monoisotopic (exact) mass is 253 g/mol. The van der Waals surface area contributed by atoms with E-state index in [2.05, 4.69) is 22.4 Å². The third-order valence-electron chi connectivity index (χ3n) is 3.57. The zero-order chi connectivity index (χ0) is 12.8. The summed E-state index contributed by atoms with van der Waals surface area (Å²) in [5, 5.41) is 7.47. The van der Waals surface area contributed by atoms with Gasteiger partial charge in [0.25, 0.3) is 0 Å². The Bertz CT molecular complexity index is 359. The summed E-state index contributed by atoms with van der Waals surface area (Å²) in [6, 6.07) is 0. The molecule has 1 aliphatic heterocycles. The lowest BCUT2D eigenvalue weighted by Gasteiger charge is -2.22. The Balaban J connectivity index is 2.02. The van der Waals surface area contributed by atoms with Gasteiger partial charge in [-0.3, -0.25) is 0 Å². The van der Waals surface area contributed by atoms with Gasteiger partial charge in [-0.05, 0) is 26.3 Å². The van der Waals surface area contributed by atoms with E-state index in [4.69, 9.17) is 9.26 Å². The molecule has 18 heavy (non-hydrogen) atoms. The number of rotatable bonds is 7. The first-order valence-corrected chi connectivity index (χ1v) is 6.92. The maximum absolute atomic E-state index is 5.48. The predicted octanol–water partition coefficient (Wildman–Crippen LogP) is 1.68. The van der Waals surface area contributed by atoms with Crippen molar-refractivity contribution in [1.82, 2.24) is 15.5 Å². The minimum atomic E-state index is 0.0611. The van der Waals surface area contributed by atoms with E-state index in [-0.39, 0.29) is 5.41 Å². The Morgan fingerprint density at radius 1 is 1.44 bits per heavy atom. The Morgan fingerprint density at radius 3 is 3.00 bits per heavy atom. The number of ether oxygens (including phenoxy) is 1. The topological polar surface area (TPSA) is 60.2 Å². The summed E-state index contributed by atoms with van der Waals surface area (Å²) >= 11 is 0. The summed E-state index contributed by atoms with van der Waals surface area (Å²) in [6.07, 6.45) is 4.06. The van der Waals surface area contributed by atoms with Gasteiger partial charge in [0, 0.05) is 19.6 Å². The third kappa shape index (κ3) is 2.90. The van der Waals surface area contributed by atoms with Crippen LogP contribution in [-0.4, -0.2) is 36.4 Å². The zero-order valence-electron chi connectivity index (χ0n) is 11.4. The standard InChI is InChI=1S/C13H23N3O2/c1-3-6-13(7-8-14-10-13)12-15-11(16-18-12)5-9-17-4-2/h14H,3-10H2,1-2H3. The van der Waals surface area contributed by atoms with Crippen molar-refractivity contribution in [3.05, 3.63) is 11.7 Å². The summed E-state index contributed by atoms with van der Waals surface area (Å²) in [5.41, 5.74) is 0.0611. The van der Waals surface area contributed by atoms with Gasteiger partial charge in [0.2, 0.25) is 5.89 Å². The molecule has 5 nitrogen and oxygen atoms in total. The fraction of sp³-hybridized carbons (Fsp3) is 0.846. The second kappa shape index (κ2) is 6.29. The van der Waals surface area contributed by atoms with Crippen LogP contribution in [0.15, 0.2) is 4.52 Å². The molecule has 2 rings (SSSR count). The third-order valence-corrected chi connectivity index (χ3v) is 3.57. The van der Waals surface area contributed by atoms with Crippen molar-refractivity contribution in [2.24, 2.45) is 0 Å². The van der Waals surface area contributed by atoms with Crippen LogP contribution >= 0.6 is 0 Å². The molecule has 1 atom stereocenters. The van der Waals surface area contributed by atoms with E-state index in [1.54, 1.807) is 0 Å². The Hall–Kier alpha value is -0.940. The molecule has 0 saturated carbocycles. The SMILES string of the molecule is CCCC1(c2nc(CCOCC)no2)CCNC1. The molecule has 1 aliphatic rings. The molecule has 1 unspecified atom stereocenters. The molecular weight excluding hydrogens is 230 g/mol. The van der Waals surface area contributed by atoms with Gasteiger partial charge in [0.15, 0.2) is 5.82 Å². The maximum atomic E-state index is 5.48. The Labute approximate surface area is 108 Å². The predicted molar refractivity (Wildman–Crippen MR) is 68.6 cm³/mol. The van der Waals surface area contributed by atoms with Crippen molar-refractivity contribution < 1.29 is 9.26 Å². The van der Waals surface area contributed by atoms with Gasteiger partial charge in [-0.1, -0.05) is 18.5 Å². The van der Waals surface area contributed by atoms with Gasteiger partial charge in [-0.2, -0.15) is 4.98 Å². The average molecular weight is 253 g/mol. The number of aromatic nitrogens is 2. The Morgan fingerprint density at radius 2 is 2.33 bits per heavy atom. The van der Waals surface area contributed by atoms with Crippen LogP contribution in [0, 0.1) is 0 Å². The lowest BCUT2D eigenvalue weighted by atomic mass is 9.82. The highest BCUT2D eigenvalue weighted by Crippen LogP contribution is 2.34. The fourth-order valence-electron chi connectivity index (χ4n) is 2.60. The highest BCUT2D eigenvalue weighted by atomic mass is 16.5. The van der Waals surface area contributed by atoms with E-state index in [1.165, 1.54) is 0 Å². The molecule has 1 N–H and O–H groups in total. The van der Waals surface area contributed by atoms with Gasteiger partial charge in [0.1, 0.15) is 0 Å². The largest absolute Gasteiger partial charge is 0.381 e. The molecule has 1 saturated heterocycles. The summed E-state index contributed by atoms with van der Waals surface area (Å²) < 4.78 is 10.8. The van der Waals surface area contributed by atoms with Crippen LogP contribution in [-0.2, 0) is 16.6 Å². The van der Waals surface area contributed by atoms with Crippen LogP contribution in [0.5, 0.6) is 0 Å². The molecule has 0 spiro atoms. The molecule has 0 amide bonds. The van der Waals surface area contributed by atoms with Gasteiger partial charge >= 0.3 is 0 Å². The maximum Gasteiger partial charge on any atom is 0.234 e. The molecule has 1 fully saturated rings. The average Bonchev–Trinajstić information content (AvgIpc) is 2.99. The van der Waals surface area contributed by atoms with Crippen LogP contribution in [0.1, 0.15) is 44.8 Å². The van der Waals surface area contributed by atoms with Crippen molar-refractivity contribution >= 4 is 0 Å². The fourth-order valence-corrected chi connectivity index (χ4v) is 2.60. The quantitative estimate of drug-likeness (QED) is 0.749. The van der Waals surface area contributed by atoms with Crippen molar-refractivity contribution in [3.63, 3.8) is 0 Å². The first-order chi connectivity index (χ1) is 8.80. The lowest BCUT2D eigenvalue weighted by molar-refractivity contribution is 0.149. The van der Waals surface area contributed by atoms with Crippen molar-refractivity contribution in [2.75, 3.05) is 26.3 Å². The summed E-state index contributed by atoms with van der Waals surface area (Å²) in [6.45, 7) is 7.57. The van der Waals surface area contributed by atoms with E-state index in [9.17, 15) is 0 Å². The minimum absolute atomic E-state index is 0.0611. The summed E-state index contributed by atoms with van der Waals surface area (Å²) in [7, 11) is 0. The van der Waals surface area contributed by atoms with E-state index < -0.39 is 0 Å². The molecule has 1 aromatic heterocycles. The number of hydrogen-bond acceptors (Lipinski definition) is 5. The second-order valence-corrected chi connectivity index (χ2v) is 4.92. The molecule has 0 radical (unpaired) electrons. The first kappa shape index (κ1) is 13.5. The lowest BCUT2D eigenvalue weighted by Crippen LogP contribution is -2.29. The molecule has 5 heteroatoms. The molecule has 0 aliphatic carbocycles. The molecule has 1 aromatic rings. The van der Waals surface area contributed by atoms with Crippen LogP contribution in [0.3, 0.4) is 0 Å². The highest BCUT2D eigenvalue weighted by Gasteiger charge is 2.39. The highest BCUT2D eigenvalue weighted by molar-refractivity contribution is 5.10. The van der Waals surface area contributed by atoms with Crippen LogP contribution in [0.4, 0.5) is 0 Å². The van der Waals surface area contributed by atoms with Crippen LogP contribution < -0.4 is 5.32 Å². The zero-order valence-corrected chi connectivity index (χ0v) is 11.4. The van der Waals surface area contributed by atoms with E-state index in [0.717, 1.165) is 57.1 Å². The van der Waals surface area contributed by atoms with Crippen molar-refractivity contribution in [2.45, 2.75) is 44.9 Å². The van der Waals surface area contributed by atoms with E-state index in [0.29, 0.717) is 6.61 Å². The van der Waals surface area contributed by atoms with Crippen LogP contribution in [0.2, 0.25) is 0 Å². The molecule has 0 aromatic carbocycles. The molecular formula is C13H23N3O2.